The van der Waals surface area contributed by atoms with Gasteiger partial charge in [0.2, 0.25) is 0 Å². The first kappa shape index (κ1) is 24.3. The van der Waals surface area contributed by atoms with Gasteiger partial charge in [-0.05, 0) is 61.7 Å². The number of aromatic nitrogens is 5. The summed E-state index contributed by atoms with van der Waals surface area (Å²) in [5.41, 5.74) is 12.9. The zero-order valence-electron chi connectivity index (χ0n) is 21.9. The minimum atomic E-state index is -0.340. The molecule has 4 N–H and O–H groups in total. The highest BCUT2D eigenvalue weighted by molar-refractivity contribution is 5.87. The van der Waals surface area contributed by atoms with E-state index in [1.807, 2.05) is 43.6 Å². The third-order valence-corrected chi connectivity index (χ3v) is 7.48. The van der Waals surface area contributed by atoms with E-state index < -0.39 is 0 Å². The predicted molar refractivity (Wildman–Crippen MR) is 150 cm³/mol. The lowest BCUT2D eigenvalue weighted by Gasteiger charge is -2.22. The molecule has 0 fully saturated rings. The number of para-hydroxylation sites is 2. The Hall–Kier alpha value is -4.04. The van der Waals surface area contributed by atoms with Gasteiger partial charge in [-0.15, -0.1) is 0 Å². The molecule has 38 heavy (non-hydrogen) atoms. The molecule has 1 atom stereocenters. The van der Waals surface area contributed by atoms with Gasteiger partial charge in [0.15, 0.2) is 0 Å². The van der Waals surface area contributed by atoms with E-state index in [9.17, 15) is 0 Å². The average Bonchev–Trinajstić information content (AvgIpc) is 3.51. The SMILES string of the molecule is CNC1CC=C(c2cnc(N)c3c(-c4ccc(Cc5nc6ccccc6[nH]5)cc4F)nc(C(C)C)n23)CC1. The average molecular weight is 510 g/mol. The standard InChI is InChI=1S/C30H32FN7/c1-17(2)30-37-27(28-29(32)34-16-25(38(28)30)19-9-11-20(33-3)12-10-19)21-13-8-18(14-22(21)31)15-26-35-23-6-4-5-7-24(23)36-26/h4-9,13-14,16-17,20,33H,10-12,15H2,1-3H3,(H2,32,34)(H,35,36). The second kappa shape index (κ2) is 9.68. The summed E-state index contributed by atoms with van der Waals surface area (Å²) < 4.78 is 17.8. The van der Waals surface area contributed by atoms with E-state index >= 15 is 4.39 Å². The normalized spacial score (nSPS) is 16.0. The Balaban J connectivity index is 1.42. The fourth-order valence-electron chi connectivity index (χ4n) is 5.44. The molecule has 1 aliphatic rings. The maximum atomic E-state index is 15.7. The Bertz CT molecular complexity index is 1640. The van der Waals surface area contributed by atoms with E-state index in [0.717, 1.165) is 53.2 Å². The summed E-state index contributed by atoms with van der Waals surface area (Å²) in [5.74, 6) is 1.76. The van der Waals surface area contributed by atoms with Crippen LogP contribution in [0.25, 0.3) is 33.4 Å². The number of aromatic amines is 1. The van der Waals surface area contributed by atoms with Gasteiger partial charge in [0.1, 0.15) is 34.5 Å². The highest BCUT2D eigenvalue weighted by Gasteiger charge is 2.25. The van der Waals surface area contributed by atoms with Crippen molar-refractivity contribution in [3.8, 4) is 11.3 Å². The van der Waals surface area contributed by atoms with Gasteiger partial charge in [0.05, 0.1) is 22.9 Å². The van der Waals surface area contributed by atoms with Gasteiger partial charge in [-0.3, -0.25) is 4.40 Å². The molecule has 0 saturated carbocycles. The molecule has 6 rings (SSSR count). The minimum Gasteiger partial charge on any atom is -0.382 e. The van der Waals surface area contributed by atoms with E-state index in [-0.39, 0.29) is 11.7 Å². The largest absolute Gasteiger partial charge is 0.382 e. The molecule has 5 aromatic rings. The van der Waals surface area contributed by atoms with Gasteiger partial charge in [-0.2, -0.15) is 0 Å². The van der Waals surface area contributed by atoms with E-state index in [2.05, 4.69) is 44.6 Å². The molecular weight excluding hydrogens is 477 g/mol. The van der Waals surface area contributed by atoms with Crippen LogP contribution in [0.15, 0.2) is 54.7 Å². The van der Waals surface area contributed by atoms with Crippen LogP contribution in [0.5, 0.6) is 0 Å². The van der Waals surface area contributed by atoms with Crippen molar-refractivity contribution in [2.75, 3.05) is 12.8 Å². The lowest BCUT2D eigenvalue weighted by atomic mass is 9.93. The summed E-state index contributed by atoms with van der Waals surface area (Å²) >= 11 is 0. The topological polar surface area (TPSA) is 96.9 Å². The Morgan fingerprint density at radius 3 is 2.74 bits per heavy atom. The van der Waals surface area contributed by atoms with Gasteiger partial charge in [-0.1, -0.05) is 38.1 Å². The molecule has 0 saturated heterocycles. The van der Waals surface area contributed by atoms with Crippen molar-refractivity contribution in [3.05, 3.63) is 83.5 Å². The number of nitrogens with one attached hydrogen (secondary N) is 2. The van der Waals surface area contributed by atoms with Crippen molar-refractivity contribution in [2.45, 2.75) is 51.5 Å². The molecule has 8 heteroatoms. The number of halogens is 1. The quantitative estimate of drug-likeness (QED) is 0.266. The number of nitrogens with two attached hydrogens (primary N) is 1. The molecule has 0 aliphatic heterocycles. The maximum Gasteiger partial charge on any atom is 0.150 e. The molecule has 1 aliphatic carbocycles. The lowest BCUT2D eigenvalue weighted by Crippen LogP contribution is -2.26. The van der Waals surface area contributed by atoms with E-state index in [4.69, 9.17) is 10.7 Å². The number of fused-ring (bicyclic) bond motifs is 2. The lowest BCUT2D eigenvalue weighted by molar-refractivity contribution is 0.522. The Labute approximate surface area is 221 Å². The van der Waals surface area contributed by atoms with Crippen molar-refractivity contribution >= 4 is 27.9 Å². The van der Waals surface area contributed by atoms with Gasteiger partial charge in [0, 0.05) is 23.9 Å². The molecule has 2 aromatic carbocycles. The Kier molecular flexibility index (Phi) is 6.19. The third-order valence-electron chi connectivity index (χ3n) is 7.48. The molecule has 194 valence electrons. The van der Waals surface area contributed by atoms with Crippen LogP contribution in [0.3, 0.4) is 0 Å². The molecule has 0 radical (unpaired) electrons. The third kappa shape index (κ3) is 4.24. The molecule has 7 nitrogen and oxygen atoms in total. The predicted octanol–water partition coefficient (Wildman–Crippen LogP) is 5.86. The first-order valence-electron chi connectivity index (χ1n) is 13.2. The number of H-pyrrole nitrogens is 1. The van der Waals surface area contributed by atoms with Crippen LogP contribution in [0.1, 0.15) is 61.9 Å². The zero-order chi connectivity index (χ0) is 26.4. The van der Waals surface area contributed by atoms with Gasteiger partial charge in [-0.25, -0.2) is 19.3 Å². The Morgan fingerprint density at radius 1 is 1.18 bits per heavy atom. The van der Waals surface area contributed by atoms with Crippen molar-refractivity contribution in [2.24, 2.45) is 0 Å². The number of nitrogen functional groups attached to an aromatic ring is 1. The number of allylic oxidation sites excluding steroid dienone is 1. The summed E-state index contributed by atoms with van der Waals surface area (Å²) in [6, 6.07) is 13.6. The van der Waals surface area contributed by atoms with Crippen LogP contribution >= 0.6 is 0 Å². The van der Waals surface area contributed by atoms with E-state index in [1.54, 1.807) is 12.1 Å². The van der Waals surface area contributed by atoms with Crippen molar-refractivity contribution in [3.63, 3.8) is 0 Å². The summed E-state index contributed by atoms with van der Waals surface area (Å²) in [6.07, 6.45) is 7.54. The smallest absolute Gasteiger partial charge is 0.150 e. The summed E-state index contributed by atoms with van der Waals surface area (Å²) in [5, 5.41) is 3.36. The summed E-state index contributed by atoms with van der Waals surface area (Å²) in [7, 11) is 2.00. The molecule has 0 amide bonds. The highest BCUT2D eigenvalue weighted by Crippen LogP contribution is 2.36. The molecule has 0 bridgehead atoms. The number of hydrogen-bond acceptors (Lipinski definition) is 5. The zero-order valence-corrected chi connectivity index (χ0v) is 21.9. The van der Waals surface area contributed by atoms with Crippen LogP contribution in [-0.4, -0.2) is 37.4 Å². The van der Waals surface area contributed by atoms with Gasteiger partial charge < -0.3 is 16.0 Å². The maximum absolute atomic E-state index is 15.7. The number of rotatable bonds is 6. The monoisotopic (exact) mass is 509 g/mol. The number of anilines is 1. The van der Waals surface area contributed by atoms with E-state index in [1.165, 1.54) is 5.57 Å². The number of hydrogen-bond donors (Lipinski definition) is 3. The van der Waals surface area contributed by atoms with Crippen molar-refractivity contribution < 1.29 is 4.39 Å². The summed E-state index contributed by atoms with van der Waals surface area (Å²) in [4.78, 5) is 17.4. The van der Waals surface area contributed by atoms with Crippen LogP contribution in [0, 0.1) is 5.82 Å². The van der Waals surface area contributed by atoms with Crippen molar-refractivity contribution in [1.82, 2.24) is 29.7 Å². The fourth-order valence-corrected chi connectivity index (χ4v) is 5.44. The van der Waals surface area contributed by atoms with Crippen LogP contribution < -0.4 is 11.1 Å². The van der Waals surface area contributed by atoms with Crippen LogP contribution in [-0.2, 0) is 6.42 Å². The Morgan fingerprint density at radius 2 is 2.03 bits per heavy atom. The second-order valence-corrected chi connectivity index (χ2v) is 10.4. The molecule has 3 heterocycles. The van der Waals surface area contributed by atoms with Gasteiger partial charge in [0.25, 0.3) is 0 Å². The number of benzene rings is 2. The highest BCUT2D eigenvalue weighted by atomic mass is 19.1. The number of imidazole rings is 2. The molecule has 3 aromatic heterocycles. The second-order valence-electron chi connectivity index (χ2n) is 10.4. The summed E-state index contributed by atoms with van der Waals surface area (Å²) in [6.45, 7) is 4.19. The fraction of sp³-hybridized carbons (Fsp3) is 0.300. The minimum absolute atomic E-state index is 0.112. The molecule has 1 unspecified atom stereocenters. The van der Waals surface area contributed by atoms with E-state index in [0.29, 0.717) is 35.1 Å². The number of nitrogens with zero attached hydrogens (tertiary/aromatic N) is 4. The molecular formula is C30H32FN7. The van der Waals surface area contributed by atoms with Gasteiger partial charge >= 0.3 is 0 Å². The van der Waals surface area contributed by atoms with Crippen LogP contribution in [0.4, 0.5) is 10.2 Å². The molecule has 0 spiro atoms. The first-order valence-corrected chi connectivity index (χ1v) is 13.2. The van der Waals surface area contributed by atoms with Crippen LogP contribution in [0.2, 0.25) is 0 Å². The van der Waals surface area contributed by atoms with Crippen molar-refractivity contribution in [1.29, 1.82) is 0 Å². The first-order chi connectivity index (χ1) is 18.4.